The molecule has 1 aliphatic heterocycles. The number of fused-ring (bicyclic) bond motifs is 1. The van der Waals surface area contributed by atoms with Crippen LogP contribution < -0.4 is 15.0 Å². The number of nitrogens with one attached hydrogen (secondary N) is 1. The predicted molar refractivity (Wildman–Crippen MR) is 88.0 cm³/mol. The third kappa shape index (κ3) is 3.15. The van der Waals surface area contributed by atoms with Crippen molar-refractivity contribution in [1.82, 2.24) is 15.3 Å². The van der Waals surface area contributed by atoms with Crippen molar-refractivity contribution in [3.05, 3.63) is 11.3 Å². The molecule has 0 aromatic carbocycles. The molecule has 6 heteroatoms. The highest BCUT2D eigenvalue weighted by molar-refractivity contribution is 5.42. The number of ether oxygens (including phenoxy) is 1. The highest BCUT2D eigenvalue weighted by Crippen LogP contribution is 2.32. The molecular formula is C17H26N4O2. The minimum absolute atomic E-state index is 0.105. The van der Waals surface area contributed by atoms with Crippen molar-refractivity contribution >= 4 is 5.95 Å². The van der Waals surface area contributed by atoms with E-state index in [9.17, 15) is 5.11 Å². The molecular weight excluding hydrogens is 292 g/mol. The van der Waals surface area contributed by atoms with Crippen molar-refractivity contribution in [2.45, 2.75) is 57.2 Å². The van der Waals surface area contributed by atoms with Gasteiger partial charge in [0.1, 0.15) is 6.10 Å². The number of hydrogen-bond acceptors (Lipinski definition) is 6. The Morgan fingerprint density at radius 3 is 2.65 bits per heavy atom. The Morgan fingerprint density at radius 2 is 1.87 bits per heavy atom. The SMILES string of the molecule is O[C@H]1CCC[C@H]1Oc1nc(N2CCNCC2)nc2c1CCCC2. The summed E-state index contributed by atoms with van der Waals surface area (Å²) in [6.45, 7) is 3.81. The average Bonchev–Trinajstić information content (AvgIpc) is 3.00. The first-order valence-corrected chi connectivity index (χ1v) is 9.01. The Hall–Kier alpha value is -1.40. The summed E-state index contributed by atoms with van der Waals surface area (Å²) in [4.78, 5) is 11.8. The lowest BCUT2D eigenvalue weighted by Gasteiger charge is -2.30. The Bertz CT molecular complexity index is 560. The number of anilines is 1. The van der Waals surface area contributed by atoms with Crippen molar-refractivity contribution in [2.24, 2.45) is 0 Å². The molecule has 0 unspecified atom stereocenters. The molecule has 23 heavy (non-hydrogen) atoms. The highest BCUT2D eigenvalue weighted by atomic mass is 16.5. The largest absolute Gasteiger partial charge is 0.471 e. The van der Waals surface area contributed by atoms with Crippen LogP contribution in [0.4, 0.5) is 5.95 Å². The van der Waals surface area contributed by atoms with E-state index in [1.54, 1.807) is 0 Å². The van der Waals surface area contributed by atoms with Gasteiger partial charge in [0.25, 0.3) is 0 Å². The number of aliphatic hydroxyl groups is 1. The maximum absolute atomic E-state index is 10.1. The van der Waals surface area contributed by atoms with Crippen LogP contribution in [0.15, 0.2) is 0 Å². The minimum atomic E-state index is -0.355. The second-order valence-electron chi connectivity index (χ2n) is 6.85. The van der Waals surface area contributed by atoms with Crippen LogP contribution in [0.3, 0.4) is 0 Å². The second kappa shape index (κ2) is 6.61. The fourth-order valence-corrected chi connectivity index (χ4v) is 3.84. The summed E-state index contributed by atoms with van der Waals surface area (Å²) in [5, 5.41) is 13.4. The van der Waals surface area contributed by atoms with Crippen LogP contribution in [0.25, 0.3) is 0 Å². The lowest BCUT2D eigenvalue weighted by molar-refractivity contribution is 0.0565. The van der Waals surface area contributed by atoms with Crippen LogP contribution in [-0.2, 0) is 12.8 Å². The molecule has 0 spiro atoms. The van der Waals surface area contributed by atoms with E-state index in [2.05, 4.69) is 10.2 Å². The van der Waals surface area contributed by atoms with Crippen LogP contribution in [0.2, 0.25) is 0 Å². The standard InChI is InChI=1S/C17H26N4O2/c22-14-6-3-7-15(14)23-16-12-4-1-2-5-13(12)19-17(20-16)21-10-8-18-9-11-21/h14-15,18,22H,1-11H2/t14-,15+/m0/s1. The van der Waals surface area contributed by atoms with Gasteiger partial charge in [-0.1, -0.05) is 0 Å². The van der Waals surface area contributed by atoms with Crippen molar-refractivity contribution in [3.63, 3.8) is 0 Å². The van der Waals surface area contributed by atoms with Crippen LogP contribution in [0.1, 0.15) is 43.4 Å². The summed E-state index contributed by atoms with van der Waals surface area (Å²) in [5.41, 5.74) is 2.33. The topological polar surface area (TPSA) is 70.5 Å². The monoisotopic (exact) mass is 318 g/mol. The molecule has 1 saturated carbocycles. The van der Waals surface area contributed by atoms with E-state index in [0.717, 1.165) is 75.8 Å². The molecule has 6 nitrogen and oxygen atoms in total. The Labute approximate surface area is 137 Å². The van der Waals surface area contributed by atoms with Gasteiger partial charge in [-0.3, -0.25) is 0 Å². The van der Waals surface area contributed by atoms with Gasteiger partial charge in [0.2, 0.25) is 11.8 Å². The summed E-state index contributed by atoms with van der Waals surface area (Å²) < 4.78 is 6.17. The third-order valence-corrected chi connectivity index (χ3v) is 5.21. The molecule has 1 saturated heterocycles. The number of hydrogen-bond donors (Lipinski definition) is 2. The van der Waals surface area contributed by atoms with Crippen molar-refractivity contribution < 1.29 is 9.84 Å². The molecule has 0 radical (unpaired) electrons. The molecule has 126 valence electrons. The molecule has 4 rings (SSSR count). The van der Waals surface area contributed by atoms with E-state index < -0.39 is 0 Å². The quantitative estimate of drug-likeness (QED) is 0.868. The molecule has 2 aliphatic carbocycles. The van der Waals surface area contributed by atoms with Gasteiger partial charge >= 0.3 is 0 Å². The van der Waals surface area contributed by atoms with E-state index in [-0.39, 0.29) is 12.2 Å². The molecule has 2 heterocycles. The van der Waals surface area contributed by atoms with E-state index >= 15 is 0 Å². The van der Waals surface area contributed by atoms with Crippen LogP contribution in [0, 0.1) is 0 Å². The summed E-state index contributed by atoms with van der Waals surface area (Å²) in [6.07, 6.45) is 6.70. The number of aliphatic hydroxyl groups excluding tert-OH is 1. The number of aryl methyl sites for hydroxylation is 1. The lowest BCUT2D eigenvalue weighted by atomic mass is 9.97. The van der Waals surface area contributed by atoms with Gasteiger partial charge in [-0.05, 0) is 44.9 Å². The summed E-state index contributed by atoms with van der Waals surface area (Å²) in [6, 6.07) is 0. The fraction of sp³-hybridized carbons (Fsp3) is 0.765. The Kier molecular flexibility index (Phi) is 4.35. The first-order valence-electron chi connectivity index (χ1n) is 9.01. The van der Waals surface area contributed by atoms with Gasteiger partial charge in [0.15, 0.2) is 0 Å². The zero-order chi connectivity index (χ0) is 15.6. The van der Waals surface area contributed by atoms with Gasteiger partial charge < -0.3 is 20.1 Å². The predicted octanol–water partition coefficient (Wildman–Crippen LogP) is 1.06. The number of nitrogens with zero attached hydrogens (tertiary/aromatic N) is 3. The van der Waals surface area contributed by atoms with Crippen LogP contribution in [-0.4, -0.2) is 53.5 Å². The Balaban J connectivity index is 1.64. The lowest BCUT2D eigenvalue weighted by Crippen LogP contribution is -2.44. The summed E-state index contributed by atoms with van der Waals surface area (Å²) >= 11 is 0. The van der Waals surface area contributed by atoms with Gasteiger partial charge in [0.05, 0.1) is 11.8 Å². The van der Waals surface area contributed by atoms with Crippen molar-refractivity contribution in [2.75, 3.05) is 31.1 Å². The molecule has 3 aliphatic rings. The van der Waals surface area contributed by atoms with Crippen LogP contribution >= 0.6 is 0 Å². The average molecular weight is 318 g/mol. The molecule has 2 N–H and O–H groups in total. The number of aromatic nitrogens is 2. The summed E-state index contributed by atoms with van der Waals surface area (Å²) in [5.74, 6) is 1.53. The number of rotatable bonds is 3. The van der Waals surface area contributed by atoms with Crippen LogP contribution in [0.5, 0.6) is 5.88 Å². The molecule has 2 atom stereocenters. The molecule has 1 aromatic rings. The second-order valence-corrected chi connectivity index (χ2v) is 6.85. The summed E-state index contributed by atoms with van der Waals surface area (Å²) in [7, 11) is 0. The first kappa shape index (κ1) is 15.1. The molecule has 2 fully saturated rings. The molecule has 0 bridgehead atoms. The maximum atomic E-state index is 10.1. The van der Waals surface area contributed by atoms with Crippen molar-refractivity contribution in [3.8, 4) is 5.88 Å². The fourth-order valence-electron chi connectivity index (χ4n) is 3.84. The zero-order valence-corrected chi connectivity index (χ0v) is 13.6. The van der Waals surface area contributed by atoms with E-state index in [1.807, 2.05) is 0 Å². The van der Waals surface area contributed by atoms with E-state index in [4.69, 9.17) is 14.7 Å². The van der Waals surface area contributed by atoms with E-state index in [0.29, 0.717) is 0 Å². The molecule has 1 aromatic heterocycles. The first-order chi connectivity index (χ1) is 11.3. The van der Waals surface area contributed by atoms with Gasteiger partial charge in [-0.25, -0.2) is 4.98 Å². The van der Waals surface area contributed by atoms with E-state index in [1.165, 1.54) is 18.4 Å². The number of piperazine rings is 1. The van der Waals surface area contributed by atoms with Crippen molar-refractivity contribution in [1.29, 1.82) is 0 Å². The zero-order valence-electron chi connectivity index (χ0n) is 13.6. The minimum Gasteiger partial charge on any atom is -0.471 e. The Morgan fingerprint density at radius 1 is 1.04 bits per heavy atom. The smallest absolute Gasteiger partial charge is 0.228 e. The normalized spacial score (nSPS) is 27.8. The van der Waals surface area contributed by atoms with Gasteiger partial charge in [0, 0.05) is 31.7 Å². The third-order valence-electron chi connectivity index (χ3n) is 5.21. The van der Waals surface area contributed by atoms with Gasteiger partial charge in [-0.2, -0.15) is 4.98 Å². The van der Waals surface area contributed by atoms with Gasteiger partial charge in [-0.15, -0.1) is 0 Å². The maximum Gasteiger partial charge on any atom is 0.228 e. The highest BCUT2D eigenvalue weighted by Gasteiger charge is 2.30. The molecule has 0 amide bonds.